The fourth-order valence-corrected chi connectivity index (χ4v) is 1.46. The molecular weight excluding hydrogens is 207 g/mol. The van der Waals surface area contributed by atoms with Gasteiger partial charge in [-0.15, -0.1) is 13.2 Å². The van der Waals surface area contributed by atoms with E-state index in [0.717, 1.165) is 6.20 Å². The summed E-state index contributed by atoms with van der Waals surface area (Å²) in [7, 11) is 0. The minimum atomic E-state index is -4.43. The molecule has 1 aromatic heterocycles. The van der Waals surface area contributed by atoms with Crippen LogP contribution < -0.4 is 0 Å². The van der Waals surface area contributed by atoms with Gasteiger partial charge in [0.15, 0.2) is 0 Å². The van der Waals surface area contributed by atoms with E-state index in [-0.39, 0.29) is 10.1 Å². The monoisotopic (exact) mass is 213 g/mol. The predicted molar refractivity (Wildman–Crippen MR) is 48.6 cm³/mol. The van der Waals surface area contributed by atoms with Crippen LogP contribution in [-0.4, -0.2) is 10.9 Å². The quantitative estimate of drug-likeness (QED) is 0.667. The average Bonchev–Trinajstić information content (AvgIpc) is 2.59. The third-order valence-electron chi connectivity index (χ3n) is 2.12. The van der Waals surface area contributed by atoms with E-state index in [0.29, 0.717) is 17.2 Å². The van der Waals surface area contributed by atoms with E-state index < -0.39 is 6.30 Å². The van der Waals surface area contributed by atoms with E-state index in [1.807, 2.05) is 0 Å². The molecule has 2 aromatic rings. The molecule has 0 N–H and O–H groups in total. The molecule has 1 heterocycles. The Bertz CT molecular complexity index is 513. The minimum absolute atomic E-state index is 0.0492. The summed E-state index contributed by atoms with van der Waals surface area (Å²) in [5.41, 5.74) is 0.413. The Labute approximate surface area is 82.9 Å². The zero-order valence-corrected chi connectivity index (χ0v) is 7.45. The van der Waals surface area contributed by atoms with E-state index in [1.165, 1.54) is 24.3 Å². The van der Waals surface area contributed by atoms with Crippen molar-refractivity contribution in [1.29, 1.82) is 0 Å². The highest BCUT2D eigenvalue weighted by molar-refractivity contribution is 5.87. The van der Waals surface area contributed by atoms with Gasteiger partial charge in [0.25, 0.3) is 0 Å². The lowest BCUT2D eigenvalue weighted by Gasteiger charge is -2.08. The number of alkyl halides is 3. The van der Waals surface area contributed by atoms with Gasteiger partial charge in [-0.05, 0) is 24.3 Å². The molecule has 0 aliphatic carbocycles. The van der Waals surface area contributed by atoms with Crippen molar-refractivity contribution in [3.63, 3.8) is 0 Å². The first-order chi connectivity index (χ1) is 7.02. The van der Waals surface area contributed by atoms with Crippen molar-refractivity contribution < 1.29 is 18.0 Å². The average molecular weight is 213 g/mol. The van der Waals surface area contributed by atoms with Crippen LogP contribution in [0.4, 0.5) is 13.2 Å². The number of hydrogen-bond acceptors (Lipinski definition) is 1. The molecule has 2 rings (SSSR count). The van der Waals surface area contributed by atoms with E-state index in [1.54, 1.807) is 0 Å². The molecule has 0 radical (unpaired) electrons. The Hall–Kier alpha value is -1.78. The SMILES string of the molecule is O=Cc1ccc2c(ccn2C(F)(F)F)c1. The lowest BCUT2D eigenvalue weighted by molar-refractivity contribution is -0.200. The van der Waals surface area contributed by atoms with Gasteiger partial charge in [-0.1, -0.05) is 0 Å². The molecule has 0 aliphatic rings. The van der Waals surface area contributed by atoms with Gasteiger partial charge in [0, 0.05) is 17.1 Å². The number of carbonyl (C=O) groups is 1. The zero-order valence-electron chi connectivity index (χ0n) is 7.45. The zero-order chi connectivity index (χ0) is 11.1. The van der Waals surface area contributed by atoms with Crippen LogP contribution in [0.5, 0.6) is 0 Å². The number of benzene rings is 1. The van der Waals surface area contributed by atoms with Crippen LogP contribution >= 0.6 is 0 Å². The highest BCUT2D eigenvalue weighted by Gasteiger charge is 2.31. The summed E-state index contributed by atoms with van der Waals surface area (Å²) in [6.07, 6.45) is -2.88. The molecule has 0 amide bonds. The van der Waals surface area contributed by atoms with Crippen LogP contribution in [0.2, 0.25) is 0 Å². The van der Waals surface area contributed by atoms with Crippen molar-refractivity contribution in [2.24, 2.45) is 0 Å². The Morgan fingerprint density at radius 2 is 1.93 bits per heavy atom. The van der Waals surface area contributed by atoms with Gasteiger partial charge in [0.2, 0.25) is 0 Å². The van der Waals surface area contributed by atoms with Crippen molar-refractivity contribution in [2.75, 3.05) is 0 Å². The number of aromatic nitrogens is 1. The second kappa shape index (κ2) is 3.12. The number of carbonyl (C=O) groups excluding carboxylic acids is 1. The first kappa shape index (κ1) is 9.76. The normalized spacial score (nSPS) is 11.9. The first-order valence-electron chi connectivity index (χ1n) is 4.16. The number of hydrogen-bond donors (Lipinski definition) is 0. The van der Waals surface area contributed by atoms with Crippen molar-refractivity contribution in [1.82, 2.24) is 4.57 Å². The van der Waals surface area contributed by atoms with Crippen LogP contribution in [0, 0.1) is 0 Å². The lowest BCUT2D eigenvalue weighted by Crippen LogP contribution is -2.14. The predicted octanol–water partition coefficient (Wildman–Crippen LogP) is 2.93. The Morgan fingerprint density at radius 1 is 1.20 bits per heavy atom. The Morgan fingerprint density at radius 3 is 2.53 bits per heavy atom. The molecule has 5 heteroatoms. The van der Waals surface area contributed by atoms with Gasteiger partial charge in [-0.3, -0.25) is 9.36 Å². The fraction of sp³-hybridized carbons (Fsp3) is 0.100. The molecule has 0 spiro atoms. The lowest BCUT2D eigenvalue weighted by atomic mass is 10.2. The van der Waals surface area contributed by atoms with Crippen molar-refractivity contribution in [3.8, 4) is 0 Å². The van der Waals surface area contributed by atoms with Crippen LogP contribution in [0.3, 0.4) is 0 Å². The van der Waals surface area contributed by atoms with Crippen LogP contribution in [-0.2, 0) is 6.30 Å². The summed E-state index contributed by atoms with van der Waals surface area (Å²) in [6, 6.07) is 5.39. The highest BCUT2D eigenvalue weighted by atomic mass is 19.4. The van der Waals surface area contributed by atoms with Crippen LogP contribution in [0.25, 0.3) is 10.9 Å². The van der Waals surface area contributed by atoms with Gasteiger partial charge in [-0.2, -0.15) is 0 Å². The van der Waals surface area contributed by atoms with Gasteiger partial charge in [-0.25, -0.2) is 0 Å². The van der Waals surface area contributed by atoms with E-state index in [2.05, 4.69) is 0 Å². The van der Waals surface area contributed by atoms with Crippen LogP contribution in [0.1, 0.15) is 10.4 Å². The number of nitrogens with zero attached hydrogens (tertiary/aromatic N) is 1. The summed E-state index contributed by atoms with van der Waals surface area (Å²) in [4.78, 5) is 10.4. The molecule has 1 aromatic carbocycles. The summed E-state index contributed by atoms with van der Waals surface area (Å²) < 4.78 is 37.5. The largest absolute Gasteiger partial charge is 0.488 e. The molecule has 0 aliphatic heterocycles. The Kier molecular flexibility index (Phi) is 2.03. The summed E-state index contributed by atoms with van der Waals surface area (Å²) in [5.74, 6) is 0. The molecule has 15 heavy (non-hydrogen) atoms. The maximum absolute atomic E-state index is 12.4. The Balaban J connectivity index is 2.67. The highest BCUT2D eigenvalue weighted by Crippen LogP contribution is 2.28. The van der Waals surface area contributed by atoms with E-state index in [9.17, 15) is 18.0 Å². The summed E-state index contributed by atoms with van der Waals surface area (Å²) >= 11 is 0. The van der Waals surface area contributed by atoms with Crippen molar-refractivity contribution in [3.05, 3.63) is 36.0 Å². The number of aldehydes is 1. The molecule has 0 atom stereocenters. The van der Waals surface area contributed by atoms with Crippen LogP contribution in [0.15, 0.2) is 30.5 Å². The molecule has 0 saturated heterocycles. The standard InChI is InChI=1S/C10H6F3NO/c11-10(12,13)14-4-3-8-5-7(6-15)1-2-9(8)14/h1-6H. The third-order valence-corrected chi connectivity index (χ3v) is 2.12. The molecule has 0 fully saturated rings. The smallest absolute Gasteiger partial charge is 0.298 e. The maximum atomic E-state index is 12.4. The summed E-state index contributed by atoms with van der Waals surface area (Å²) in [5, 5.41) is 0.400. The molecular formula is C10H6F3NO. The number of halogens is 3. The van der Waals surface area contributed by atoms with E-state index >= 15 is 0 Å². The second-order valence-electron chi connectivity index (χ2n) is 3.09. The second-order valence-corrected chi connectivity index (χ2v) is 3.09. The number of rotatable bonds is 1. The van der Waals surface area contributed by atoms with Gasteiger partial charge >= 0.3 is 6.30 Å². The van der Waals surface area contributed by atoms with Gasteiger partial charge < -0.3 is 0 Å². The van der Waals surface area contributed by atoms with E-state index in [4.69, 9.17) is 0 Å². The maximum Gasteiger partial charge on any atom is 0.488 e. The molecule has 0 bridgehead atoms. The molecule has 2 nitrogen and oxygen atoms in total. The molecule has 0 unspecified atom stereocenters. The van der Waals surface area contributed by atoms with Gasteiger partial charge in [0.05, 0.1) is 5.52 Å². The third kappa shape index (κ3) is 1.60. The fourth-order valence-electron chi connectivity index (χ4n) is 1.46. The van der Waals surface area contributed by atoms with Crippen molar-refractivity contribution in [2.45, 2.75) is 6.30 Å². The van der Waals surface area contributed by atoms with Crippen molar-refractivity contribution >= 4 is 17.2 Å². The first-order valence-corrected chi connectivity index (χ1v) is 4.16. The minimum Gasteiger partial charge on any atom is -0.298 e. The summed E-state index contributed by atoms with van der Waals surface area (Å²) in [6.45, 7) is 0. The molecule has 0 saturated carbocycles. The van der Waals surface area contributed by atoms with Gasteiger partial charge in [0.1, 0.15) is 6.29 Å². The topological polar surface area (TPSA) is 22.0 Å². The molecule has 78 valence electrons. The number of fused-ring (bicyclic) bond motifs is 1.